The van der Waals surface area contributed by atoms with E-state index in [1.165, 1.54) is 49.2 Å². The Bertz CT molecular complexity index is 4610. The molecule has 0 spiro atoms. The van der Waals surface area contributed by atoms with Crippen molar-refractivity contribution >= 4 is 115 Å². The van der Waals surface area contributed by atoms with Crippen molar-refractivity contribution in [1.29, 1.82) is 0 Å². The van der Waals surface area contributed by atoms with Crippen LogP contribution in [0.5, 0.6) is 5.75 Å². The minimum absolute atomic E-state index is 0.00225. The summed E-state index contributed by atoms with van der Waals surface area (Å²) in [4.78, 5) is 137. The van der Waals surface area contributed by atoms with Gasteiger partial charge >= 0.3 is 11.9 Å². The standard InChI is InChI=1S/C65H71N15O17S5/c1-28(81)45-57(87)75-46(29(2)92-8)60-71-39(27-101-60)56(86)76-49-51-52(97-43-17-65(4,90)53(77(5)6)30(3)96-43)64(89)94-20-31-10-9-11-40-44(31)34(21-93-51)50(80(40)91)63(88)95-22-35(68-54(84)37-26-102-62(49)72-37)59-69-36(24-100-59)47-33(58-70-38(25-99-58)55(85)74-45)16-41(82)48(73-47)61-67-32(23-98-61)18-66-42(83)19-79-14-12-78(7)13-15-79/h9-11,16,23-28,30,35,43,45,49,51-53,81-82,90-91H,12-15,17-22H2,1-8H3,(H,66,83)(H,68,84)(H,74,85)(H,75,87)(H,76,86)/t28-,30+,35+,43+,45+,49+,51+,52+,53-,65+/m1/s1. The summed E-state index contributed by atoms with van der Waals surface area (Å²) in [6.45, 7) is 7.83. The summed E-state index contributed by atoms with van der Waals surface area (Å²) in [6.07, 6.45) is -7.45. The molecular weight excluding hydrogens is 1420 g/mol. The Morgan fingerprint density at radius 3 is 2.25 bits per heavy atom. The molecule has 0 aliphatic carbocycles. The van der Waals surface area contributed by atoms with E-state index in [2.05, 4.69) is 46.4 Å². The summed E-state index contributed by atoms with van der Waals surface area (Å²) >= 11 is 4.90. The number of aliphatic hydroxyl groups excluding tert-OH is 1. The molecule has 9 N–H and O–H groups in total. The van der Waals surface area contributed by atoms with Crippen LogP contribution in [-0.4, -0.2) is 227 Å². The van der Waals surface area contributed by atoms with Gasteiger partial charge in [-0.2, -0.15) is 4.73 Å². The topological polar surface area (TPSA) is 408 Å². The van der Waals surface area contributed by atoms with E-state index in [9.17, 15) is 34.9 Å². The zero-order chi connectivity index (χ0) is 72.2. The van der Waals surface area contributed by atoms with Gasteiger partial charge in [0.2, 0.25) is 11.8 Å². The number of likely N-dealkylation sites (N-methyl/N-ethyl adjacent to an activating group) is 2. The van der Waals surface area contributed by atoms with Crippen LogP contribution in [0, 0.1) is 0 Å². The number of esters is 2. The Labute approximate surface area is 601 Å². The maximum atomic E-state index is 15.2. The molecule has 0 saturated carbocycles. The first kappa shape index (κ1) is 71.6. The smallest absolute Gasteiger partial charge is 0.358 e. The number of carbonyl (C=O) groups is 7. The summed E-state index contributed by atoms with van der Waals surface area (Å²) in [6, 6.07) is 0.924. The molecule has 5 amide bonds. The van der Waals surface area contributed by atoms with Crippen molar-refractivity contribution in [3.8, 4) is 38.4 Å². The molecule has 7 aromatic heterocycles. The third-order valence-electron chi connectivity index (χ3n) is 18.0. The zero-order valence-corrected chi connectivity index (χ0v) is 60.2. The van der Waals surface area contributed by atoms with Crippen LogP contribution in [0.15, 0.2) is 56.9 Å². The number of benzene rings is 1. The van der Waals surface area contributed by atoms with Gasteiger partial charge in [-0.1, -0.05) is 12.1 Å². The number of aromatic nitrogens is 7. The molecular formula is C65H71N15O17S5. The number of amides is 5. The lowest BCUT2D eigenvalue weighted by Gasteiger charge is -2.48. The number of nitrogens with one attached hydrogen (secondary N) is 5. The molecule has 5 aliphatic heterocycles. The third-order valence-corrected chi connectivity index (χ3v) is 22.5. The second-order valence-corrected chi connectivity index (χ2v) is 29.8. The Morgan fingerprint density at radius 1 is 0.833 bits per heavy atom. The average Bonchev–Trinajstić information content (AvgIpc) is 1.57. The van der Waals surface area contributed by atoms with Gasteiger partial charge in [-0.05, 0) is 66.5 Å². The number of ether oxygens (including phenoxy) is 6. The predicted octanol–water partition coefficient (Wildman–Crippen LogP) is 4.03. The van der Waals surface area contributed by atoms with E-state index in [0.717, 1.165) is 82.9 Å². The number of rotatable bonds is 10. The van der Waals surface area contributed by atoms with E-state index < -0.39 is 122 Å². The van der Waals surface area contributed by atoms with E-state index in [4.69, 9.17) is 48.4 Å². The van der Waals surface area contributed by atoms with Gasteiger partial charge < -0.3 is 85.3 Å². The Kier molecular flexibility index (Phi) is 20.7. The number of hydrogen-bond donors (Lipinski definition) is 9. The first-order valence-electron chi connectivity index (χ1n) is 32.2. The molecule has 12 bridgehead atoms. The van der Waals surface area contributed by atoms with Gasteiger partial charge in [0.25, 0.3) is 17.7 Å². The van der Waals surface area contributed by atoms with Gasteiger partial charge in [0, 0.05) is 76.0 Å². The van der Waals surface area contributed by atoms with Crippen LogP contribution in [0.25, 0.3) is 49.3 Å². The average molecular weight is 1490 g/mol. The summed E-state index contributed by atoms with van der Waals surface area (Å²) in [7, 11) is 6.91. The van der Waals surface area contributed by atoms with Crippen LogP contribution in [0.4, 0.5) is 0 Å². The highest BCUT2D eigenvalue weighted by atomic mass is 32.1. The van der Waals surface area contributed by atoms with E-state index in [1.54, 1.807) is 55.7 Å². The fourth-order valence-corrected chi connectivity index (χ4v) is 17.1. The van der Waals surface area contributed by atoms with Crippen LogP contribution < -0.4 is 26.6 Å². The molecule has 37 heteroatoms. The number of aliphatic hydroxyl groups is 2. The number of carbonyl (C=O) groups excluding carboxylic acids is 7. The molecule has 1 aromatic carbocycles. The molecule has 0 unspecified atom stereocenters. The van der Waals surface area contributed by atoms with Gasteiger partial charge in [-0.3, -0.25) is 28.9 Å². The van der Waals surface area contributed by atoms with E-state index in [0.29, 0.717) is 16.0 Å². The normalized spacial score (nSPS) is 24.9. The maximum Gasteiger partial charge on any atom is 0.358 e. The molecule has 2 fully saturated rings. The summed E-state index contributed by atoms with van der Waals surface area (Å²) in [5.41, 5.74) is -1.47. The molecule has 2 saturated heterocycles. The van der Waals surface area contributed by atoms with Gasteiger partial charge in [-0.25, -0.2) is 39.5 Å². The number of methoxy groups -OCH3 is 1. The molecule has 102 heavy (non-hydrogen) atoms. The fourth-order valence-electron chi connectivity index (χ4n) is 12.9. The maximum absolute atomic E-state index is 15.2. The number of piperazine rings is 1. The molecule has 0 radical (unpaired) electrons. The second kappa shape index (κ2) is 29.5. The quantitative estimate of drug-likeness (QED) is 0.0530. The van der Waals surface area contributed by atoms with Crippen LogP contribution >= 0.6 is 56.7 Å². The van der Waals surface area contributed by atoms with E-state index in [-0.39, 0.29) is 124 Å². The van der Waals surface area contributed by atoms with E-state index in [1.807, 2.05) is 7.05 Å². The number of cyclic esters (lactones) is 2. The summed E-state index contributed by atoms with van der Waals surface area (Å²) in [5, 5.41) is 69.5. The van der Waals surface area contributed by atoms with Gasteiger partial charge in [0.05, 0.1) is 61.9 Å². The second-order valence-electron chi connectivity index (χ2n) is 25.5. The number of pyridine rings is 1. The Morgan fingerprint density at radius 2 is 1.51 bits per heavy atom. The van der Waals surface area contributed by atoms with Crippen molar-refractivity contribution < 1.29 is 82.5 Å². The monoisotopic (exact) mass is 1490 g/mol. The van der Waals surface area contributed by atoms with E-state index >= 15 is 19.2 Å². The molecule has 538 valence electrons. The van der Waals surface area contributed by atoms with Crippen molar-refractivity contribution in [2.45, 2.75) is 114 Å². The molecule has 10 atom stereocenters. The lowest BCUT2D eigenvalue weighted by atomic mass is 9.85. The molecule has 12 heterocycles. The van der Waals surface area contributed by atoms with Crippen LogP contribution in [-0.2, 0) is 62.6 Å². The van der Waals surface area contributed by atoms with Crippen molar-refractivity contribution in [2.75, 3.05) is 67.6 Å². The Hall–Kier alpha value is -8.83. The molecule has 5 aliphatic rings. The van der Waals surface area contributed by atoms with Crippen LogP contribution in [0.1, 0.15) is 120 Å². The minimum atomic E-state index is -1.90. The number of thiazole rings is 5. The lowest BCUT2D eigenvalue weighted by Crippen LogP contribution is -2.62. The molecule has 32 nitrogen and oxygen atoms in total. The fraction of sp³-hybridized carbons (Fsp3) is 0.431. The van der Waals surface area contributed by atoms with Gasteiger partial charge in [0.15, 0.2) is 18.1 Å². The van der Waals surface area contributed by atoms with Crippen LogP contribution in [0.2, 0.25) is 0 Å². The highest BCUT2D eigenvalue weighted by Gasteiger charge is 2.50. The van der Waals surface area contributed by atoms with Crippen molar-refractivity contribution in [3.63, 3.8) is 0 Å². The summed E-state index contributed by atoms with van der Waals surface area (Å²) in [5.74, 6) is -6.26. The lowest BCUT2D eigenvalue weighted by molar-refractivity contribution is -0.280. The first-order valence-corrected chi connectivity index (χ1v) is 36.6. The number of nitrogens with zero attached hydrogens (tertiary/aromatic N) is 10. The SMILES string of the molecule is COC(C)=C1NC(=O)[C@H]([C@@H](C)O)NC(=O)c2csc(n2)-c2cc(O)c(-c3nc(CNC(=O)CN4CCN(C)CC4)cs3)nc2-c2csc(n2)[C@@H]2COC(=O)c3c4c5c(cccc5n3O)COC(=O)[C@@H](O[C@H]3C[C@](C)(O)[C@H](N(C)C)[C@H](C)O3)[C@@H](OC4)[C@H](NC(=O)c3csc1n3)c1nc(cs1)C(=O)N2. The number of fused-ring (bicyclic) bond motifs is 15. The van der Waals surface area contributed by atoms with Crippen LogP contribution in [0.3, 0.4) is 0 Å². The largest absolute Gasteiger partial charge is 0.506 e. The predicted molar refractivity (Wildman–Crippen MR) is 370 cm³/mol. The van der Waals surface area contributed by atoms with Crippen molar-refractivity contribution in [1.82, 2.24) is 75.9 Å². The third kappa shape index (κ3) is 14.6. The number of allylic oxidation sites excluding steroid dienone is 1. The highest BCUT2D eigenvalue weighted by Crippen LogP contribution is 2.43. The van der Waals surface area contributed by atoms with Gasteiger partial charge in [0.1, 0.15) is 114 Å². The minimum Gasteiger partial charge on any atom is -0.506 e. The Balaban J connectivity index is 0.951. The van der Waals surface area contributed by atoms with Crippen molar-refractivity contribution in [3.05, 3.63) is 112 Å². The molecule has 13 rings (SSSR count). The molecule has 8 aromatic rings. The first-order chi connectivity index (χ1) is 48.8. The number of aromatic hydroxyl groups is 1. The highest BCUT2D eigenvalue weighted by molar-refractivity contribution is 7.14. The van der Waals surface area contributed by atoms with Crippen molar-refractivity contribution in [2.24, 2.45) is 0 Å². The number of hydrogen-bond acceptors (Lipinski definition) is 31. The zero-order valence-electron chi connectivity index (χ0n) is 56.1. The summed E-state index contributed by atoms with van der Waals surface area (Å²) < 4.78 is 38.4. The van der Waals surface area contributed by atoms with Gasteiger partial charge in [-0.15, -0.1) is 56.7 Å².